The summed E-state index contributed by atoms with van der Waals surface area (Å²) >= 11 is 0. The zero-order valence-electron chi connectivity index (χ0n) is 9.82. The number of hydrogen-bond acceptors (Lipinski definition) is 2. The molecule has 1 aromatic carbocycles. The summed E-state index contributed by atoms with van der Waals surface area (Å²) in [5.74, 6) is 0.818. The molecule has 1 N–H and O–H groups in total. The van der Waals surface area contributed by atoms with Crippen molar-refractivity contribution >= 4 is 0 Å². The molecule has 0 amide bonds. The Kier molecular flexibility index (Phi) is 2.30. The zero-order chi connectivity index (χ0) is 11.2. The summed E-state index contributed by atoms with van der Waals surface area (Å²) in [5.41, 5.74) is 2.96. The summed E-state index contributed by atoms with van der Waals surface area (Å²) in [6.07, 6.45) is 2.57. The highest BCUT2D eigenvalue weighted by Crippen LogP contribution is 2.59. The first kappa shape index (κ1) is 10.3. The van der Waals surface area contributed by atoms with E-state index in [4.69, 9.17) is 0 Å². The number of likely N-dealkylation sites (tertiary alicyclic amines) is 1. The van der Waals surface area contributed by atoms with Crippen molar-refractivity contribution in [2.45, 2.75) is 24.9 Å². The van der Waals surface area contributed by atoms with Gasteiger partial charge in [0.2, 0.25) is 0 Å². The van der Waals surface area contributed by atoms with Gasteiger partial charge in [-0.1, -0.05) is 24.3 Å². The monoisotopic (exact) mass is 217 g/mol. The molecule has 2 atom stereocenters. The second-order valence-electron chi connectivity index (χ2n) is 5.38. The van der Waals surface area contributed by atoms with Crippen LogP contribution in [-0.2, 0) is 12.0 Å². The van der Waals surface area contributed by atoms with Crippen molar-refractivity contribution < 1.29 is 5.11 Å². The van der Waals surface area contributed by atoms with Gasteiger partial charge in [0.15, 0.2) is 0 Å². The van der Waals surface area contributed by atoms with Crippen LogP contribution in [0.3, 0.4) is 0 Å². The van der Waals surface area contributed by atoms with Crippen molar-refractivity contribution in [1.82, 2.24) is 4.90 Å². The number of piperidine rings is 1. The number of rotatable bonds is 2. The van der Waals surface area contributed by atoms with E-state index in [1.54, 1.807) is 0 Å². The third-order valence-corrected chi connectivity index (χ3v) is 4.43. The van der Waals surface area contributed by atoms with E-state index in [1.165, 1.54) is 31.5 Å². The number of benzene rings is 1. The Hall–Kier alpha value is -0.860. The number of hydrogen-bond donors (Lipinski definition) is 1. The highest BCUT2D eigenvalue weighted by Gasteiger charge is 2.57. The highest BCUT2D eigenvalue weighted by molar-refractivity contribution is 5.41. The quantitative estimate of drug-likeness (QED) is 0.816. The van der Waals surface area contributed by atoms with Gasteiger partial charge in [0.1, 0.15) is 0 Å². The molecule has 2 unspecified atom stereocenters. The van der Waals surface area contributed by atoms with Gasteiger partial charge in [-0.05, 0) is 43.5 Å². The maximum absolute atomic E-state index is 9.42. The molecular weight excluding hydrogens is 198 g/mol. The van der Waals surface area contributed by atoms with E-state index in [2.05, 4.69) is 30.1 Å². The Bertz CT molecular complexity index is 403. The normalized spacial score (nSPS) is 33.5. The van der Waals surface area contributed by atoms with Crippen molar-refractivity contribution in [3.05, 3.63) is 35.4 Å². The Morgan fingerprint density at radius 1 is 1.44 bits per heavy atom. The molecule has 3 rings (SSSR count). The van der Waals surface area contributed by atoms with Crippen LogP contribution in [0.15, 0.2) is 24.3 Å². The van der Waals surface area contributed by atoms with Crippen LogP contribution < -0.4 is 0 Å². The van der Waals surface area contributed by atoms with E-state index in [0.29, 0.717) is 5.41 Å². The largest absolute Gasteiger partial charge is 0.392 e. The van der Waals surface area contributed by atoms with E-state index in [0.717, 1.165) is 11.5 Å². The second-order valence-corrected chi connectivity index (χ2v) is 5.38. The van der Waals surface area contributed by atoms with Crippen LogP contribution in [0, 0.1) is 5.92 Å². The Morgan fingerprint density at radius 3 is 3.00 bits per heavy atom. The molecule has 1 saturated carbocycles. The van der Waals surface area contributed by atoms with Gasteiger partial charge in [-0.3, -0.25) is 0 Å². The topological polar surface area (TPSA) is 23.5 Å². The predicted molar refractivity (Wildman–Crippen MR) is 64.3 cm³/mol. The molecule has 2 fully saturated rings. The lowest BCUT2D eigenvalue weighted by molar-refractivity contribution is 0.243. The molecule has 86 valence electrons. The van der Waals surface area contributed by atoms with Crippen LogP contribution in [-0.4, -0.2) is 30.1 Å². The minimum atomic E-state index is 0.181. The molecule has 0 aromatic heterocycles. The molecule has 1 aliphatic carbocycles. The van der Waals surface area contributed by atoms with Crippen molar-refractivity contribution in [2.24, 2.45) is 5.92 Å². The fourth-order valence-corrected chi connectivity index (χ4v) is 3.39. The molecule has 2 aliphatic rings. The lowest BCUT2D eigenvalue weighted by atomic mass is 9.84. The van der Waals surface area contributed by atoms with Crippen molar-refractivity contribution in [3.8, 4) is 0 Å². The maximum Gasteiger partial charge on any atom is 0.0684 e. The molecule has 2 nitrogen and oxygen atoms in total. The van der Waals surface area contributed by atoms with Crippen LogP contribution in [0.2, 0.25) is 0 Å². The molecule has 1 heterocycles. The molecule has 0 bridgehead atoms. The number of aliphatic hydroxyl groups is 1. The molecule has 0 radical (unpaired) electrons. The minimum Gasteiger partial charge on any atom is -0.392 e. The van der Waals surface area contributed by atoms with Crippen molar-refractivity contribution in [2.75, 3.05) is 20.1 Å². The van der Waals surface area contributed by atoms with E-state index >= 15 is 0 Å². The smallest absolute Gasteiger partial charge is 0.0684 e. The van der Waals surface area contributed by atoms with Crippen LogP contribution in [0.4, 0.5) is 0 Å². The van der Waals surface area contributed by atoms with Gasteiger partial charge in [0.05, 0.1) is 6.61 Å². The first-order valence-corrected chi connectivity index (χ1v) is 6.14. The maximum atomic E-state index is 9.42. The van der Waals surface area contributed by atoms with Crippen LogP contribution in [0.25, 0.3) is 0 Å². The van der Waals surface area contributed by atoms with Crippen LogP contribution in [0.1, 0.15) is 24.0 Å². The predicted octanol–water partition coefficient (Wildman–Crippen LogP) is 1.77. The van der Waals surface area contributed by atoms with E-state index in [9.17, 15) is 5.11 Å². The summed E-state index contributed by atoms with van der Waals surface area (Å²) in [6, 6.07) is 8.42. The van der Waals surface area contributed by atoms with Crippen molar-refractivity contribution in [1.29, 1.82) is 0 Å². The first-order valence-electron chi connectivity index (χ1n) is 6.14. The standard InChI is InChI=1S/C14H19NO/c1-15-7-6-14(8-12(14)9-15)13-5-3-2-4-11(13)10-16/h2-5,12,16H,6-10H2,1H3. The van der Waals surface area contributed by atoms with Gasteiger partial charge in [-0.2, -0.15) is 0 Å². The minimum absolute atomic E-state index is 0.181. The summed E-state index contributed by atoms with van der Waals surface area (Å²) in [4.78, 5) is 2.43. The zero-order valence-corrected chi connectivity index (χ0v) is 9.82. The number of aliphatic hydroxyl groups excluding tert-OH is 1. The Labute approximate surface area is 96.9 Å². The fourth-order valence-electron chi connectivity index (χ4n) is 3.39. The molecule has 1 aliphatic heterocycles. The van der Waals surface area contributed by atoms with E-state index in [1.807, 2.05) is 6.07 Å². The molecule has 0 spiro atoms. The van der Waals surface area contributed by atoms with Crippen LogP contribution in [0.5, 0.6) is 0 Å². The molecule has 1 saturated heterocycles. The summed E-state index contributed by atoms with van der Waals surface area (Å²) in [6.45, 7) is 2.59. The third-order valence-electron chi connectivity index (χ3n) is 4.43. The molecule has 1 aromatic rings. The Balaban J connectivity index is 1.94. The summed E-state index contributed by atoms with van der Waals surface area (Å²) in [5, 5.41) is 9.42. The van der Waals surface area contributed by atoms with Crippen molar-refractivity contribution in [3.63, 3.8) is 0 Å². The SMILES string of the molecule is CN1CCC2(c3ccccc3CO)CC2C1. The van der Waals surface area contributed by atoms with Gasteiger partial charge in [0, 0.05) is 12.0 Å². The number of nitrogens with zero attached hydrogens (tertiary/aromatic N) is 1. The van der Waals surface area contributed by atoms with Gasteiger partial charge < -0.3 is 10.0 Å². The van der Waals surface area contributed by atoms with E-state index in [-0.39, 0.29) is 6.61 Å². The van der Waals surface area contributed by atoms with Gasteiger partial charge >= 0.3 is 0 Å². The summed E-state index contributed by atoms with van der Waals surface area (Å²) < 4.78 is 0. The third kappa shape index (κ3) is 1.40. The van der Waals surface area contributed by atoms with Gasteiger partial charge in [-0.15, -0.1) is 0 Å². The van der Waals surface area contributed by atoms with E-state index < -0.39 is 0 Å². The highest BCUT2D eigenvalue weighted by atomic mass is 16.3. The van der Waals surface area contributed by atoms with Crippen LogP contribution >= 0.6 is 0 Å². The molecular formula is C14H19NO. The second kappa shape index (κ2) is 3.57. The van der Waals surface area contributed by atoms with Gasteiger partial charge in [-0.25, -0.2) is 0 Å². The molecule has 2 heteroatoms. The van der Waals surface area contributed by atoms with Gasteiger partial charge in [0.25, 0.3) is 0 Å². The average Bonchev–Trinajstić information content (AvgIpc) is 3.03. The average molecular weight is 217 g/mol. The molecule has 16 heavy (non-hydrogen) atoms. The lowest BCUT2D eigenvalue weighted by Crippen LogP contribution is -2.33. The summed E-state index contributed by atoms with van der Waals surface area (Å²) in [7, 11) is 2.21. The first-order chi connectivity index (χ1) is 7.76. The Morgan fingerprint density at radius 2 is 2.25 bits per heavy atom. The lowest BCUT2D eigenvalue weighted by Gasteiger charge is -2.30. The number of fused-ring (bicyclic) bond motifs is 1. The fraction of sp³-hybridized carbons (Fsp3) is 0.571.